The fourth-order valence-corrected chi connectivity index (χ4v) is 1.52. The molecule has 0 aliphatic carbocycles. The van der Waals surface area contributed by atoms with Crippen LogP contribution < -0.4 is 9.64 Å². The predicted molar refractivity (Wildman–Crippen MR) is 63.1 cm³/mol. The molecule has 0 fully saturated rings. The molecule has 4 nitrogen and oxygen atoms in total. The van der Waals surface area contributed by atoms with Gasteiger partial charge < -0.3 is 14.7 Å². The molecule has 1 amide bonds. The fraction of sp³-hybridized carbons (Fsp3) is 0.364. The van der Waals surface area contributed by atoms with Crippen LogP contribution in [0.4, 0.5) is 5.69 Å². The van der Waals surface area contributed by atoms with Gasteiger partial charge in [-0.1, -0.05) is 11.6 Å². The van der Waals surface area contributed by atoms with Crippen molar-refractivity contribution in [2.75, 3.05) is 25.7 Å². The van der Waals surface area contributed by atoms with Crippen molar-refractivity contribution in [3.8, 4) is 5.75 Å². The molecule has 0 unspecified atom stereocenters. The summed E-state index contributed by atoms with van der Waals surface area (Å²) in [6.45, 7) is -0.160. The lowest BCUT2D eigenvalue weighted by Crippen LogP contribution is -2.26. The number of halogens is 1. The van der Waals surface area contributed by atoms with Crippen LogP contribution in [-0.4, -0.2) is 31.8 Å². The summed E-state index contributed by atoms with van der Waals surface area (Å²) < 4.78 is 5.01. The fourth-order valence-electron chi connectivity index (χ4n) is 1.27. The van der Waals surface area contributed by atoms with Gasteiger partial charge in [-0.05, 0) is 18.2 Å². The van der Waals surface area contributed by atoms with Crippen LogP contribution in [0.15, 0.2) is 18.2 Å². The first-order chi connectivity index (χ1) is 7.60. The van der Waals surface area contributed by atoms with Gasteiger partial charge in [0.15, 0.2) is 0 Å². The minimum absolute atomic E-state index is 0.0974. The summed E-state index contributed by atoms with van der Waals surface area (Å²) in [5.41, 5.74) is 0.671. The number of hydrogen-bond acceptors (Lipinski definition) is 3. The Bertz CT molecular complexity index is 381. The van der Waals surface area contributed by atoms with Crippen LogP contribution >= 0.6 is 11.6 Å². The van der Waals surface area contributed by atoms with E-state index in [1.54, 1.807) is 25.2 Å². The SMILES string of the molecule is COc1ccc(N(C)C(=O)CCO)cc1Cl. The largest absolute Gasteiger partial charge is 0.495 e. The molecule has 0 saturated carbocycles. The van der Waals surface area contributed by atoms with Crippen LogP contribution in [0, 0.1) is 0 Å². The predicted octanol–water partition coefficient (Wildman–Crippen LogP) is 1.69. The van der Waals surface area contributed by atoms with Gasteiger partial charge in [0.25, 0.3) is 0 Å². The summed E-state index contributed by atoms with van der Waals surface area (Å²) in [7, 11) is 3.16. The highest BCUT2D eigenvalue weighted by atomic mass is 35.5. The van der Waals surface area contributed by atoms with E-state index in [2.05, 4.69) is 0 Å². The highest BCUT2D eigenvalue weighted by molar-refractivity contribution is 6.32. The molecule has 0 saturated heterocycles. The first-order valence-electron chi connectivity index (χ1n) is 4.81. The molecule has 0 bridgehead atoms. The molecule has 5 heteroatoms. The Labute approximate surface area is 99.4 Å². The summed E-state index contributed by atoms with van der Waals surface area (Å²) in [4.78, 5) is 12.9. The Kier molecular flexibility index (Phi) is 4.58. The van der Waals surface area contributed by atoms with Crippen molar-refractivity contribution in [2.24, 2.45) is 0 Å². The zero-order valence-electron chi connectivity index (χ0n) is 9.24. The number of aliphatic hydroxyl groups excluding tert-OH is 1. The lowest BCUT2D eigenvalue weighted by atomic mass is 10.2. The van der Waals surface area contributed by atoms with Gasteiger partial charge in [-0.25, -0.2) is 0 Å². The van der Waals surface area contributed by atoms with Crippen LogP contribution in [0.25, 0.3) is 0 Å². The van der Waals surface area contributed by atoms with E-state index >= 15 is 0 Å². The third kappa shape index (κ3) is 2.87. The first-order valence-corrected chi connectivity index (χ1v) is 5.19. The normalized spacial score (nSPS) is 10.0. The molecule has 16 heavy (non-hydrogen) atoms. The monoisotopic (exact) mass is 243 g/mol. The molecule has 0 aliphatic heterocycles. The third-order valence-electron chi connectivity index (χ3n) is 2.22. The third-order valence-corrected chi connectivity index (χ3v) is 2.52. The molecule has 0 aromatic heterocycles. The molecule has 1 N–H and O–H groups in total. The van der Waals surface area contributed by atoms with E-state index in [1.165, 1.54) is 12.0 Å². The van der Waals surface area contributed by atoms with Crippen molar-refractivity contribution in [3.05, 3.63) is 23.2 Å². The average molecular weight is 244 g/mol. The molecular formula is C11H14ClNO3. The zero-order chi connectivity index (χ0) is 12.1. The van der Waals surface area contributed by atoms with Gasteiger partial charge in [0.05, 0.1) is 25.2 Å². The molecule has 88 valence electrons. The molecule has 1 aromatic rings. The maximum absolute atomic E-state index is 11.5. The number of benzene rings is 1. The lowest BCUT2D eigenvalue weighted by molar-refractivity contribution is -0.118. The molecule has 1 aromatic carbocycles. The Morgan fingerprint density at radius 2 is 2.25 bits per heavy atom. The second kappa shape index (κ2) is 5.72. The number of rotatable bonds is 4. The summed E-state index contributed by atoms with van der Waals surface area (Å²) in [6, 6.07) is 5.08. The summed E-state index contributed by atoms with van der Waals surface area (Å²) in [5, 5.41) is 9.12. The van der Waals surface area contributed by atoms with Crippen LogP contribution in [0.5, 0.6) is 5.75 Å². The number of ether oxygens (including phenoxy) is 1. The second-order valence-electron chi connectivity index (χ2n) is 3.25. The van der Waals surface area contributed by atoms with E-state index in [1.807, 2.05) is 0 Å². The van der Waals surface area contributed by atoms with Gasteiger partial charge in [0.2, 0.25) is 5.91 Å². The number of nitrogens with zero attached hydrogens (tertiary/aromatic N) is 1. The van der Waals surface area contributed by atoms with Gasteiger partial charge in [-0.3, -0.25) is 4.79 Å². The lowest BCUT2D eigenvalue weighted by Gasteiger charge is -2.17. The standard InChI is InChI=1S/C11H14ClNO3/c1-13(11(15)5-6-14)8-3-4-10(16-2)9(12)7-8/h3-4,7,14H,5-6H2,1-2H3. The van der Waals surface area contributed by atoms with E-state index in [-0.39, 0.29) is 18.9 Å². The summed E-state index contributed by atoms with van der Waals surface area (Å²) in [6.07, 6.45) is 0.0974. The molecule has 0 radical (unpaired) electrons. The topological polar surface area (TPSA) is 49.8 Å². The van der Waals surface area contributed by atoms with Gasteiger partial charge in [0, 0.05) is 12.7 Å². The van der Waals surface area contributed by atoms with Gasteiger partial charge >= 0.3 is 0 Å². The van der Waals surface area contributed by atoms with Crippen LogP contribution in [-0.2, 0) is 4.79 Å². The molecule has 0 aliphatic rings. The van der Waals surface area contributed by atoms with Crippen molar-refractivity contribution in [1.29, 1.82) is 0 Å². The van der Waals surface area contributed by atoms with Gasteiger partial charge in [-0.15, -0.1) is 0 Å². The quantitative estimate of drug-likeness (QED) is 0.876. The molecule has 0 spiro atoms. The van der Waals surface area contributed by atoms with Crippen LogP contribution in [0.3, 0.4) is 0 Å². The van der Waals surface area contributed by atoms with E-state index in [0.717, 1.165) is 0 Å². The average Bonchev–Trinajstić information content (AvgIpc) is 2.28. The van der Waals surface area contributed by atoms with Crippen molar-refractivity contribution < 1.29 is 14.6 Å². The smallest absolute Gasteiger partial charge is 0.229 e. The Morgan fingerprint density at radius 3 is 2.75 bits per heavy atom. The number of aliphatic hydroxyl groups is 1. The number of anilines is 1. The summed E-state index contributed by atoms with van der Waals surface area (Å²) in [5.74, 6) is 0.400. The Morgan fingerprint density at radius 1 is 1.56 bits per heavy atom. The highest BCUT2D eigenvalue weighted by Crippen LogP contribution is 2.28. The first kappa shape index (κ1) is 12.8. The number of carbonyl (C=O) groups excluding carboxylic acids is 1. The minimum atomic E-state index is -0.163. The van der Waals surface area contributed by atoms with Crippen molar-refractivity contribution in [3.63, 3.8) is 0 Å². The second-order valence-corrected chi connectivity index (χ2v) is 3.65. The number of hydrogen-bond donors (Lipinski definition) is 1. The van der Waals surface area contributed by atoms with E-state index in [0.29, 0.717) is 16.5 Å². The molecular weight excluding hydrogens is 230 g/mol. The Hall–Kier alpha value is -1.26. The Balaban J connectivity index is 2.88. The maximum Gasteiger partial charge on any atom is 0.229 e. The number of amides is 1. The minimum Gasteiger partial charge on any atom is -0.495 e. The highest BCUT2D eigenvalue weighted by Gasteiger charge is 2.11. The van der Waals surface area contributed by atoms with Gasteiger partial charge in [0.1, 0.15) is 5.75 Å². The molecule has 0 heterocycles. The zero-order valence-corrected chi connectivity index (χ0v) is 9.99. The van der Waals surface area contributed by atoms with Crippen LogP contribution in [0.2, 0.25) is 5.02 Å². The molecule has 1 rings (SSSR count). The summed E-state index contributed by atoms with van der Waals surface area (Å²) >= 11 is 5.94. The van der Waals surface area contributed by atoms with E-state index in [9.17, 15) is 4.79 Å². The number of carbonyl (C=O) groups is 1. The van der Waals surface area contributed by atoms with Crippen molar-refractivity contribution in [2.45, 2.75) is 6.42 Å². The van der Waals surface area contributed by atoms with Gasteiger partial charge in [-0.2, -0.15) is 0 Å². The van der Waals surface area contributed by atoms with E-state index < -0.39 is 0 Å². The van der Waals surface area contributed by atoms with E-state index in [4.69, 9.17) is 21.4 Å². The molecule has 0 atom stereocenters. The van der Waals surface area contributed by atoms with Crippen molar-refractivity contribution in [1.82, 2.24) is 0 Å². The maximum atomic E-state index is 11.5. The number of methoxy groups -OCH3 is 1. The van der Waals surface area contributed by atoms with Crippen LogP contribution in [0.1, 0.15) is 6.42 Å². The van der Waals surface area contributed by atoms with Crippen molar-refractivity contribution >= 4 is 23.2 Å².